The van der Waals surface area contributed by atoms with E-state index in [9.17, 15) is 4.79 Å². The van der Waals surface area contributed by atoms with E-state index >= 15 is 0 Å². The van der Waals surface area contributed by atoms with Crippen LogP contribution in [0.1, 0.15) is 18.1 Å². The minimum Gasteiger partial charge on any atom is -0.449 e. The second-order valence-electron chi connectivity index (χ2n) is 6.69. The Balaban J connectivity index is 1.96. The van der Waals surface area contributed by atoms with Crippen molar-refractivity contribution in [3.05, 3.63) is 59.4 Å². The van der Waals surface area contributed by atoms with E-state index in [1.807, 2.05) is 37.2 Å². The molecule has 1 aliphatic heterocycles. The number of anilines is 2. The van der Waals surface area contributed by atoms with Gasteiger partial charge in [0.1, 0.15) is 0 Å². The van der Waals surface area contributed by atoms with E-state index in [-0.39, 0.29) is 5.91 Å². The highest BCUT2D eigenvalue weighted by Crippen LogP contribution is 2.37. The van der Waals surface area contributed by atoms with E-state index in [4.69, 9.17) is 10.5 Å². The van der Waals surface area contributed by atoms with Crippen LogP contribution >= 0.6 is 0 Å². The molecule has 0 aliphatic carbocycles. The minimum atomic E-state index is -0.135. The van der Waals surface area contributed by atoms with Gasteiger partial charge in [-0.25, -0.2) is 0 Å². The molecule has 0 bridgehead atoms. The van der Waals surface area contributed by atoms with Gasteiger partial charge >= 0.3 is 0 Å². The number of carbonyl (C=O) groups excluding carboxylic acids is 1. The van der Waals surface area contributed by atoms with E-state index in [0.717, 1.165) is 24.2 Å². The highest BCUT2D eigenvalue weighted by molar-refractivity contribution is 6.10. The summed E-state index contributed by atoms with van der Waals surface area (Å²) in [5.41, 5.74) is 9.46. The smallest absolute Gasteiger partial charge is 0.294 e. The first kappa shape index (κ1) is 18.0. The Kier molecular flexibility index (Phi) is 5.28. The number of nitrogen functional groups attached to an aromatic ring is 1. The molecule has 5 heteroatoms. The van der Waals surface area contributed by atoms with Gasteiger partial charge in [-0.3, -0.25) is 4.79 Å². The highest BCUT2D eigenvalue weighted by atomic mass is 16.5. The fourth-order valence-electron chi connectivity index (χ4n) is 2.85. The Morgan fingerprint density at radius 2 is 1.88 bits per heavy atom. The number of nitrogens with zero attached hydrogens (tertiary/aromatic N) is 2. The fraction of sp³-hybridized carbons (Fsp3) is 0.286. The molecule has 0 atom stereocenters. The molecule has 0 spiro atoms. The number of carbonyl (C=O) groups is 1. The molecule has 1 heterocycles. The maximum atomic E-state index is 13.0. The number of fused-ring (bicyclic) bond motifs is 1. The van der Waals surface area contributed by atoms with E-state index < -0.39 is 0 Å². The average molecular weight is 351 g/mol. The first-order chi connectivity index (χ1) is 12.5. The SMILES string of the molecule is CCc1ccc(/C=C2/Oc3cc(N)ccc3N(CCN(C)C)C2=O)cc1. The predicted octanol–water partition coefficient (Wildman–Crippen LogP) is 3.16. The number of rotatable bonds is 5. The molecular weight excluding hydrogens is 326 g/mol. The maximum absolute atomic E-state index is 13.0. The van der Waals surface area contributed by atoms with Gasteiger partial charge in [-0.1, -0.05) is 31.2 Å². The van der Waals surface area contributed by atoms with Gasteiger partial charge in [0.25, 0.3) is 5.91 Å². The average Bonchev–Trinajstić information content (AvgIpc) is 2.62. The summed E-state index contributed by atoms with van der Waals surface area (Å²) in [4.78, 5) is 16.8. The first-order valence-electron chi connectivity index (χ1n) is 8.82. The number of ether oxygens (including phenoxy) is 1. The Bertz CT molecular complexity index is 826. The zero-order valence-electron chi connectivity index (χ0n) is 15.5. The summed E-state index contributed by atoms with van der Waals surface area (Å²) in [6.45, 7) is 3.46. The van der Waals surface area contributed by atoms with Crippen molar-refractivity contribution in [2.24, 2.45) is 0 Å². The van der Waals surface area contributed by atoms with Crippen LogP contribution in [0.3, 0.4) is 0 Å². The van der Waals surface area contributed by atoms with Gasteiger partial charge in [0.2, 0.25) is 0 Å². The Morgan fingerprint density at radius 3 is 2.54 bits per heavy atom. The summed E-state index contributed by atoms with van der Waals surface area (Å²) in [7, 11) is 3.97. The van der Waals surface area contributed by atoms with Crippen molar-refractivity contribution >= 4 is 23.4 Å². The third kappa shape index (κ3) is 3.89. The second-order valence-corrected chi connectivity index (χ2v) is 6.69. The minimum absolute atomic E-state index is 0.135. The summed E-state index contributed by atoms with van der Waals surface area (Å²) < 4.78 is 5.90. The quantitative estimate of drug-likeness (QED) is 0.664. The van der Waals surface area contributed by atoms with Crippen LogP contribution in [0.4, 0.5) is 11.4 Å². The molecule has 26 heavy (non-hydrogen) atoms. The molecule has 3 rings (SSSR count). The Morgan fingerprint density at radius 1 is 1.15 bits per heavy atom. The number of nitrogens with two attached hydrogens (primary N) is 1. The zero-order valence-corrected chi connectivity index (χ0v) is 15.5. The van der Waals surface area contributed by atoms with Crippen molar-refractivity contribution < 1.29 is 9.53 Å². The number of hydrogen-bond acceptors (Lipinski definition) is 4. The van der Waals surface area contributed by atoms with Gasteiger partial charge in [0.05, 0.1) is 5.69 Å². The normalized spacial score (nSPS) is 15.3. The Labute approximate surface area is 154 Å². The van der Waals surface area contributed by atoms with Crippen molar-refractivity contribution in [3.8, 4) is 5.75 Å². The topological polar surface area (TPSA) is 58.8 Å². The molecule has 136 valence electrons. The highest BCUT2D eigenvalue weighted by Gasteiger charge is 2.30. The molecule has 0 aromatic heterocycles. The van der Waals surface area contributed by atoms with Crippen LogP contribution in [0.25, 0.3) is 6.08 Å². The van der Waals surface area contributed by atoms with E-state index in [1.165, 1.54) is 5.56 Å². The monoisotopic (exact) mass is 351 g/mol. The van der Waals surface area contributed by atoms with Crippen LogP contribution in [0.2, 0.25) is 0 Å². The summed E-state index contributed by atoms with van der Waals surface area (Å²) in [6, 6.07) is 13.5. The molecule has 0 radical (unpaired) electrons. The van der Waals surface area contributed by atoms with Crippen molar-refractivity contribution in [2.75, 3.05) is 37.8 Å². The molecule has 2 aromatic rings. The van der Waals surface area contributed by atoms with Gasteiger partial charge in [0.15, 0.2) is 11.5 Å². The standard InChI is InChI=1S/C21H25N3O2/c1-4-15-5-7-16(8-6-15)13-20-21(25)24(12-11-23(2)3)18-10-9-17(22)14-19(18)26-20/h5-10,13-14H,4,11-12,22H2,1-3H3/b20-13+. The summed E-state index contributed by atoms with van der Waals surface area (Å²) in [6.07, 6.45) is 2.77. The summed E-state index contributed by atoms with van der Waals surface area (Å²) in [5, 5.41) is 0. The van der Waals surface area contributed by atoms with E-state index in [2.05, 4.69) is 19.1 Å². The molecule has 0 unspecified atom stereocenters. The third-order valence-corrected chi connectivity index (χ3v) is 4.41. The van der Waals surface area contributed by atoms with Crippen molar-refractivity contribution in [3.63, 3.8) is 0 Å². The predicted molar refractivity (Wildman–Crippen MR) is 106 cm³/mol. The largest absolute Gasteiger partial charge is 0.449 e. The lowest BCUT2D eigenvalue weighted by Crippen LogP contribution is -2.41. The fourth-order valence-corrected chi connectivity index (χ4v) is 2.85. The molecule has 0 saturated carbocycles. The molecule has 1 aliphatic rings. The van der Waals surface area contributed by atoms with Crippen LogP contribution in [-0.2, 0) is 11.2 Å². The third-order valence-electron chi connectivity index (χ3n) is 4.41. The first-order valence-corrected chi connectivity index (χ1v) is 8.82. The molecule has 0 fully saturated rings. The maximum Gasteiger partial charge on any atom is 0.294 e. The number of likely N-dealkylation sites (N-methyl/N-ethyl adjacent to an activating group) is 1. The second kappa shape index (κ2) is 7.62. The van der Waals surface area contributed by atoms with Crippen molar-refractivity contribution in [1.82, 2.24) is 4.90 Å². The summed E-state index contributed by atoms with van der Waals surface area (Å²) in [5.74, 6) is 0.787. The van der Waals surface area contributed by atoms with E-state index in [0.29, 0.717) is 23.7 Å². The molecular formula is C21H25N3O2. The van der Waals surface area contributed by atoms with E-state index in [1.54, 1.807) is 23.1 Å². The van der Waals surface area contributed by atoms with Gasteiger partial charge < -0.3 is 20.3 Å². The molecule has 1 amide bonds. The van der Waals surface area contributed by atoms with Crippen molar-refractivity contribution in [1.29, 1.82) is 0 Å². The van der Waals surface area contributed by atoms with Gasteiger partial charge in [-0.15, -0.1) is 0 Å². The van der Waals surface area contributed by atoms with Crippen LogP contribution in [0, 0.1) is 0 Å². The summed E-state index contributed by atoms with van der Waals surface area (Å²) >= 11 is 0. The van der Waals surface area contributed by atoms with Crippen LogP contribution in [0.5, 0.6) is 5.75 Å². The zero-order chi connectivity index (χ0) is 18.7. The molecule has 2 N–H and O–H groups in total. The van der Waals surface area contributed by atoms with Gasteiger partial charge in [-0.2, -0.15) is 0 Å². The van der Waals surface area contributed by atoms with Crippen LogP contribution in [0.15, 0.2) is 48.2 Å². The number of aryl methyl sites for hydroxylation is 1. The van der Waals surface area contributed by atoms with Gasteiger partial charge in [0, 0.05) is 24.8 Å². The number of hydrogen-bond donors (Lipinski definition) is 1. The number of benzene rings is 2. The lowest BCUT2D eigenvalue weighted by atomic mass is 10.1. The molecule has 2 aromatic carbocycles. The lowest BCUT2D eigenvalue weighted by molar-refractivity contribution is -0.117. The van der Waals surface area contributed by atoms with Gasteiger partial charge in [-0.05, 0) is 49.9 Å². The van der Waals surface area contributed by atoms with Crippen LogP contribution in [-0.4, -0.2) is 38.0 Å². The van der Waals surface area contributed by atoms with Crippen molar-refractivity contribution in [2.45, 2.75) is 13.3 Å². The lowest BCUT2D eigenvalue weighted by Gasteiger charge is -2.31. The Hall–Kier alpha value is -2.79. The molecule has 0 saturated heterocycles. The number of amides is 1. The molecule has 5 nitrogen and oxygen atoms in total. The van der Waals surface area contributed by atoms with Crippen LogP contribution < -0.4 is 15.4 Å².